The number of benzene rings is 2. The fraction of sp³-hybridized carbons (Fsp3) is 0.421. The molecule has 2 N–H and O–H groups in total. The van der Waals surface area contributed by atoms with Gasteiger partial charge < -0.3 is 10.4 Å². The number of aliphatic hydroxyl groups excluding tert-OH is 1. The van der Waals surface area contributed by atoms with E-state index in [1.807, 2.05) is 36.4 Å². The van der Waals surface area contributed by atoms with Crippen LogP contribution in [0.5, 0.6) is 0 Å². The summed E-state index contributed by atoms with van der Waals surface area (Å²) in [5.41, 5.74) is 0.959. The molecule has 3 nitrogen and oxygen atoms in total. The minimum atomic E-state index is -0.321. The number of fused-ring (bicyclic) bond motifs is 1. The van der Waals surface area contributed by atoms with Gasteiger partial charge in [0.1, 0.15) is 0 Å². The number of carbonyl (C=O) groups is 1. The van der Waals surface area contributed by atoms with Crippen LogP contribution in [0.3, 0.4) is 0 Å². The highest BCUT2D eigenvalue weighted by Crippen LogP contribution is 2.28. The zero-order valence-corrected chi connectivity index (χ0v) is 12.8. The zero-order chi connectivity index (χ0) is 15.4. The van der Waals surface area contributed by atoms with Gasteiger partial charge in [0, 0.05) is 6.42 Å². The molecule has 2 aromatic carbocycles. The van der Waals surface area contributed by atoms with Gasteiger partial charge in [0.15, 0.2) is 0 Å². The van der Waals surface area contributed by atoms with Crippen molar-refractivity contribution in [2.45, 2.75) is 38.1 Å². The highest BCUT2D eigenvalue weighted by atomic mass is 16.3. The van der Waals surface area contributed by atoms with Crippen molar-refractivity contribution in [2.75, 3.05) is 6.61 Å². The molecule has 0 aliphatic heterocycles. The van der Waals surface area contributed by atoms with Gasteiger partial charge in [0.2, 0.25) is 5.91 Å². The molecule has 0 heterocycles. The Labute approximate surface area is 131 Å². The third-order valence-corrected chi connectivity index (χ3v) is 4.64. The lowest BCUT2D eigenvalue weighted by Crippen LogP contribution is -2.31. The van der Waals surface area contributed by atoms with Crippen LogP contribution in [0.4, 0.5) is 0 Å². The molecule has 22 heavy (non-hydrogen) atoms. The normalized spacial score (nSPS) is 16.8. The molecule has 1 fully saturated rings. The molecule has 3 heteroatoms. The van der Waals surface area contributed by atoms with Crippen molar-refractivity contribution in [1.29, 1.82) is 0 Å². The van der Waals surface area contributed by atoms with Crippen molar-refractivity contribution in [2.24, 2.45) is 5.92 Å². The van der Waals surface area contributed by atoms with Crippen LogP contribution in [-0.4, -0.2) is 17.6 Å². The van der Waals surface area contributed by atoms with E-state index in [1.54, 1.807) is 0 Å². The van der Waals surface area contributed by atoms with E-state index >= 15 is 0 Å². The Kier molecular flexibility index (Phi) is 4.74. The van der Waals surface area contributed by atoms with Crippen LogP contribution < -0.4 is 5.32 Å². The Morgan fingerprint density at radius 3 is 2.59 bits per heavy atom. The standard InChI is InChI=1S/C19H23NO2/c21-13-18(20-19(22)11-14-5-1-2-6-14)17-10-9-15-7-3-4-8-16(15)12-17/h3-4,7-10,12,14,18,21H,1-2,5-6,11,13H2,(H,20,22). The van der Waals surface area contributed by atoms with Gasteiger partial charge in [0.25, 0.3) is 0 Å². The summed E-state index contributed by atoms with van der Waals surface area (Å²) in [6.45, 7) is -0.0747. The molecule has 0 radical (unpaired) electrons. The van der Waals surface area contributed by atoms with Crippen LogP contribution in [0.2, 0.25) is 0 Å². The molecule has 116 valence electrons. The Morgan fingerprint density at radius 1 is 1.14 bits per heavy atom. The molecule has 1 atom stereocenters. The van der Waals surface area contributed by atoms with Crippen molar-refractivity contribution < 1.29 is 9.90 Å². The Morgan fingerprint density at radius 2 is 1.86 bits per heavy atom. The average Bonchev–Trinajstić information content (AvgIpc) is 3.05. The van der Waals surface area contributed by atoms with E-state index in [4.69, 9.17) is 0 Å². The number of hydrogen-bond donors (Lipinski definition) is 2. The number of nitrogens with one attached hydrogen (secondary N) is 1. The summed E-state index contributed by atoms with van der Waals surface area (Å²) >= 11 is 0. The van der Waals surface area contributed by atoms with Gasteiger partial charge >= 0.3 is 0 Å². The second-order valence-corrected chi connectivity index (χ2v) is 6.26. The monoisotopic (exact) mass is 297 g/mol. The largest absolute Gasteiger partial charge is 0.394 e. The SMILES string of the molecule is O=C(CC1CCCC1)NC(CO)c1ccc2ccccc2c1. The van der Waals surface area contributed by atoms with Crippen molar-refractivity contribution >= 4 is 16.7 Å². The third-order valence-electron chi connectivity index (χ3n) is 4.64. The van der Waals surface area contributed by atoms with E-state index in [-0.39, 0.29) is 18.6 Å². The van der Waals surface area contributed by atoms with Gasteiger partial charge in [-0.15, -0.1) is 0 Å². The van der Waals surface area contributed by atoms with Crippen LogP contribution >= 0.6 is 0 Å². The van der Waals surface area contributed by atoms with Gasteiger partial charge in [-0.1, -0.05) is 49.2 Å². The third kappa shape index (κ3) is 3.47. The van der Waals surface area contributed by atoms with E-state index in [9.17, 15) is 9.90 Å². The van der Waals surface area contributed by atoms with E-state index < -0.39 is 0 Å². The molecule has 3 rings (SSSR count). The lowest BCUT2D eigenvalue weighted by atomic mass is 10.0. The number of amides is 1. The quantitative estimate of drug-likeness (QED) is 0.886. The number of carbonyl (C=O) groups excluding carboxylic acids is 1. The van der Waals surface area contributed by atoms with Crippen LogP contribution in [0.25, 0.3) is 10.8 Å². The molecule has 0 spiro atoms. The molecule has 1 aliphatic carbocycles. The van der Waals surface area contributed by atoms with Crippen LogP contribution in [0.1, 0.15) is 43.7 Å². The molecule has 1 saturated carbocycles. The second kappa shape index (κ2) is 6.93. The summed E-state index contributed by atoms with van der Waals surface area (Å²) < 4.78 is 0. The van der Waals surface area contributed by atoms with E-state index in [0.29, 0.717) is 12.3 Å². The molecule has 2 aromatic rings. The van der Waals surface area contributed by atoms with Gasteiger partial charge in [-0.3, -0.25) is 4.79 Å². The highest BCUT2D eigenvalue weighted by molar-refractivity contribution is 5.83. The van der Waals surface area contributed by atoms with E-state index in [0.717, 1.165) is 23.8 Å². The predicted octanol–water partition coefficient (Wildman–Crippen LogP) is 3.57. The van der Waals surface area contributed by atoms with Crippen LogP contribution in [0.15, 0.2) is 42.5 Å². The molecular weight excluding hydrogens is 274 g/mol. The van der Waals surface area contributed by atoms with Crippen molar-refractivity contribution in [1.82, 2.24) is 5.32 Å². The summed E-state index contributed by atoms with van der Waals surface area (Å²) in [5.74, 6) is 0.579. The predicted molar refractivity (Wildman–Crippen MR) is 88.5 cm³/mol. The minimum absolute atomic E-state index is 0.0547. The molecule has 0 bridgehead atoms. The molecule has 1 unspecified atom stereocenters. The number of aliphatic hydroxyl groups is 1. The van der Waals surface area contributed by atoms with Crippen molar-refractivity contribution in [3.05, 3.63) is 48.0 Å². The van der Waals surface area contributed by atoms with Gasteiger partial charge in [-0.25, -0.2) is 0 Å². The maximum Gasteiger partial charge on any atom is 0.220 e. The van der Waals surface area contributed by atoms with Gasteiger partial charge in [-0.2, -0.15) is 0 Å². The first-order valence-corrected chi connectivity index (χ1v) is 8.15. The lowest BCUT2D eigenvalue weighted by Gasteiger charge is -2.18. The summed E-state index contributed by atoms with van der Waals surface area (Å²) in [6, 6.07) is 13.9. The van der Waals surface area contributed by atoms with Crippen LogP contribution in [0, 0.1) is 5.92 Å². The zero-order valence-electron chi connectivity index (χ0n) is 12.8. The second-order valence-electron chi connectivity index (χ2n) is 6.26. The lowest BCUT2D eigenvalue weighted by molar-refractivity contribution is -0.123. The Hall–Kier alpha value is -1.87. The molecular formula is C19H23NO2. The molecule has 0 saturated heterocycles. The number of hydrogen-bond acceptors (Lipinski definition) is 2. The Balaban J connectivity index is 1.70. The first-order valence-electron chi connectivity index (χ1n) is 8.15. The maximum atomic E-state index is 12.2. The average molecular weight is 297 g/mol. The number of rotatable bonds is 5. The summed E-state index contributed by atoms with van der Waals surface area (Å²) in [7, 11) is 0. The van der Waals surface area contributed by atoms with E-state index in [2.05, 4.69) is 11.4 Å². The van der Waals surface area contributed by atoms with Crippen molar-refractivity contribution in [3.63, 3.8) is 0 Å². The topological polar surface area (TPSA) is 49.3 Å². The maximum absolute atomic E-state index is 12.2. The summed E-state index contributed by atoms with van der Waals surface area (Å²) in [5, 5.41) is 14.9. The fourth-order valence-corrected chi connectivity index (χ4v) is 3.39. The molecule has 0 aromatic heterocycles. The highest BCUT2D eigenvalue weighted by Gasteiger charge is 2.20. The van der Waals surface area contributed by atoms with Gasteiger partial charge in [-0.05, 0) is 41.2 Å². The smallest absolute Gasteiger partial charge is 0.220 e. The summed E-state index contributed by atoms with van der Waals surface area (Å²) in [6.07, 6.45) is 5.39. The van der Waals surface area contributed by atoms with Crippen molar-refractivity contribution in [3.8, 4) is 0 Å². The van der Waals surface area contributed by atoms with E-state index in [1.165, 1.54) is 18.2 Å². The Bertz CT molecular complexity index is 647. The van der Waals surface area contributed by atoms with Gasteiger partial charge in [0.05, 0.1) is 12.6 Å². The molecule has 1 amide bonds. The summed E-state index contributed by atoms with van der Waals surface area (Å²) in [4.78, 5) is 12.2. The minimum Gasteiger partial charge on any atom is -0.394 e. The first kappa shape index (κ1) is 15.0. The first-order chi connectivity index (χ1) is 10.8. The molecule has 1 aliphatic rings. The van der Waals surface area contributed by atoms with Crippen LogP contribution in [-0.2, 0) is 4.79 Å². The fourth-order valence-electron chi connectivity index (χ4n) is 3.39.